The van der Waals surface area contributed by atoms with Crippen LogP contribution in [-0.2, 0) is 0 Å². The van der Waals surface area contributed by atoms with Gasteiger partial charge >= 0.3 is 11.9 Å². The number of nitrogens with zero attached hydrogens (tertiary/aromatic N) is 1. The number of benzene rings is 1. The maximum absolute atomic E-state index is 10.5. The standard InChI is InChI=1S/C8H4BrNO3/c9-4-2-1-3-5-6(4)10-7(13-5)8(11)12/h1-3H,(H,11,12). The van der Waals surface area contributed by atoms with Gasteiger partial charge in [0.05, 0.1) is 0 Å². The highest BCUT2D eigenvalue weighted by Crippen LogP contribution is 2.23. The summed E-state index contributed by atoms with van der Waals surface area (Å²) in [5.41, 5.74) is 0.992. The van der Waals surface area contributed by atoms with Crippen molar-refractivity contribution in [3.63, 3.8) is 0 Å². The fourth-order valence-corrected chi connectivity index (χ4v) is 1.44. The van der Waals surface area contributed by atoms with E-state index in [0.29, 0.717) is 11.1 Å². The molecule has 4 nitrogen and oxygen atoms in total. The molecule has 0 fully saturated rings. The highest BCUT2D eigenvalue weighted by Gasteiger charge is 2.13. The van der Waals surface area contributed by atoms with E-state index in [1.54, 1.807) is 18.2 Å². The Bertz CT molecular complexity index is 477. The second kappa shape index (κ2) is 2.85. The number of para-hydroxylation sites is 1. The highest BCUT2D eigenvalue weighted by molar-refractivity contribution is 9.10. The first-order valence-corrected chi connectivity index (χ1v) is 4.26. The summed E-state index contributed by atoms with van der Waals surface area (Å²) in [6.07, 6.45) is 0. The van der Waals surface area contributed by atoms with Crippen LogP contribution in [0.1, 0.15) is 10.7 Å². The lowest BCUT2D eigenvalue weighted by Gasteiger charge is -1.86. The van der Waals surface area contributed by atoms with E-state index in [1.807, 2.05) is 0 Å². The molecule has 0 aliphatic heterocycles. The molecule has 13 heavy (non-hydrogen) atoms. The van der Waals surface area contributed by atoms with Crippen molar-refractivity contribution in [3.8, 4) is 0 Å². The van der Waals surface area contributed by atoms with Crippen molar-refractivity contribution in [3.05, 3.63) is 28.6 Å². The van der Waals surface area contributed by atoms with Crippen LogP contribution in [0.25, 0.3) is 11.1 Å². The summed E-state index contributed by atoms with van der Waals surface area (Å²) in [5.74, 6) is -1.45. The van der Waals surface area contributed by atoms with E-state index in [0.717, 1.165) is 4.47 Å². The van der Waals surface area contributed by atoms with Gasteiger partial charge in [0, 0.05) is 4.47 Å². The summed E-state index contributed by atoms with van der Waals surface area (Å²) < 4.78 is 5.69. The molecule has 1 aromatic heterocycles. The highest BCUT2D eigenvalue weighted by atomic mass is 79.9. The number of oxazole rings is 1. The molecule has 1 N–H and O–H groups in total. The van der Waals surface area contributed by atoms with Gasteiger partial charge in [0.1, 0.15) is 5.52 Å². The average Bonchev–Trinajstić information content (AvgIpc) is 2.49. The van der Waals surface area contributed by atoms with Gasteiger partial charge < -0.3 is 9.52 Å². The molecule has 0 spiro atoms. The van der Waals surface area contributed by atoms with Crippen molar-refractivity contribution >= 4 is 33.0 Å². The summed E-state index contributed by atoms with van der Waals surface area (Å²) in [7, 11) is 0. The van der Waals surface area contributed by atoms with Gasteiger partial charge in [0.2, 0.25) is 0 Å². The molecule has 0 radical (unpaired) electrons. The number of aromatic nitrogens is 1. The average molecular weight is 242 g/mol. The molecule has 66 valence electrons. The predicted molar refractivity (Wildman–Crippen MR) is 48.7 cm³/mol. The first-order valence-electron chi connectivity index (χ1n) is 3.47. The Morgan fingerprint density at radius 1 is 1.54 bits per heavy atom. The van der Waals surface area contributed by atoms with Crippen LogP contribution in [0.3, 0.4) is 0 Å². The van der Waals surface area contributed by atoms with E-state index >= 15 is 0 Å². The number of hydrogen-bond acceptors (Lipinski definition) is 3. The van der Waals surface area contributed by atoms with Crippen molar-refractivity contribution in [1.29, 1.82) is 0 Å². The van der Waals surface area contributed by atoms with Crippen LogP contribution in [0.4, 0.5) is 0 Å². The number of carbonyl (C=O) groups is 1. The minimum atomic E-state index is -1.16. The monoisotopic (exact) mass is 241 g/mol. The zero-order chi connectivity index (χ0) is 9.42. The normalized spacial score (nSPS) is 10.5. The zero-order valence-electron chi connectivity index (χ0n) is 6.32. The Morgan fingerprint density at radius 3 is 2.92 bits per heavy atom. The molecule has 1 aromatic carbocycles. The van der Waals surface area contributed by atoms with Crippen molar-refractivity contribution in [2.45, 2.75) is 0 Å². The molecule has 0 amide bonds. The fraction of sp³-hybridized carbons (Fsp3) is 0. The number of carboxylic acid groups (broad SMARTS) is 1. The molecular weight excluding hydrogens is 238 g/mol. The second-order valence-corrected chi connectivity index (χ2v) is 3.27. The van der Waals surface area contributed by atoms with Gasteiger partial charge in [-0.15, -0.1) is 0 Å². The summed E-state index contributed by atoms with van der Waals surface area (Å²) in [6, 6.07) is 5.19. The number of rotatable bonds is 1. The summed E-state index contributed by atoms with van der Waals surface area (Å²) in [6.45, 7) is 0. The largest absolute Gasteiger partial charge is 0.474 e. The van der Waals surface area contributed by atoms with E-state index in [2.05, 4.69) is 20.9 Å². The Hall–Kier alpha value is -1.36. The van der Waals surface area contributed by atoms with Gasteiger partial charge in [-0.05, 0) is 28.1 Å². The molecule has 1 heterocycles. The Morgan fingerprint density at radius 2 is 2.31 bits per heavy atom. The lowest BCUT2D eigenvalue weighted by Crippen LogP contribution is -1.94. The molecular formula is C8H4BrNO3. The van der Waals surface area contributed by atoms with Crippen LogP contribution in [-0.4, -0.2) is 16.1 Å². The van der Waals surface area contributed by atoms with Gasteiger partial charge in [-0.2, -0.15) is 0 Å². The summed E-state index contributed by atoms with van der Waals surface area (Å²) in [4.78, 5) is 14.3. The first-order chi connectivity index (χ1) is 6.18. The second-order valence-electron chi connectivity index (χ2n) is 2.41. The van der Waals surface area contributed by atoms with Crippen molar-refractivity contribution in [2.75, 3.05) is 0 Å². The lowest BCUT2D eigenvalue weighted by molar-refractivity contribution is 0.0656. The van der Waals surface area contributed by atoms with E-state index in [1.165, 1.54) is 0 Å². The predicted octanol–water partition coefficient (Wildman–Crippen LogP) is 2.29. The van der Waals surface area contributed by atoms with Crippen molar-refractivity contribution in [2.24, 2.45) is 0 Å². The Labute approximate surface area is 81.3 Å². The maximum atomic E-state index is 10.5. The van der Waals surface area contributed by atoms with E-state index in [9.17, 15) is 4.79 Å². The molecule has 5 heteroatoms. The van der Waals surface area contributed by atoms with Crippen LogP contribution in [0.2, 0.25) is 0 Å². The smallest absolute Gasteiger partial charge is 0.392 e. The van der Waals surface area contributed by atoms with Crippen LogP contribution in [0, 0.1) is 0 Å². The molecule has 0 aliphatic carbocycles. The van der Waals surface area contributed by atoms with Gasteiger partial charge in [-0.25, -0.2) is 9.78 Å². The molecule has 2 aromatic rings. The molecule has 0 saturated carbocycles. The first kappa shape index (κ1) is 8.25. The van der Waals surface area contributed by atoms with Gasteiger partial charge in [0.15, 0.2) is 5.58 Å². The van der Waals surface area contributed by atoms with E-state index in [4.69, 9.17) is 9.52 Å². The third kappa shape index (κ3) is 1.31. The van der Waals surface area contributed by atoms with E-state index in [-0.39, 0.29) is 5.89 Å². The lowest BCUT2D eigenvalue weighted by atomic mass is 10.3. The molecule has 0 aliphatic rings. The summed E-state index contributed by atoms with van der Waals surface area (Å²) in [5, 5.41) is 8.61. The Balaban J connectivity index is 2.75. The molecule has 0 bridgehead atoms. The number of aromatic carboxylic acids is 1. The van der Waals surface area contributed by atoms with Crippen LogP contribution in [0.15, 0.2) is 27.1 Å². The van der Waals surface area contributed by atoms with Crippen LogP contribution in [0.5, 0.6) is 0 Å². The quantitative estimate of drug-likeness (QED) is 0.833. The maximum Gasteiger partial charge on any atom is 0.392 e. The molecule has 0 unspecified atom stereocenters. The van der Waals surface area contributed by atoms with Crippen molar-refractivity contribution < 1.29 is 14.3 Å². The zero-order valence-corrected chi connectivity index (χ0v) is 7.91. The third-order valence-electron chi connectivity index (χ3n) is 1.55. The Kier molecular flexibility index (Phi) is 1.81. The molecule has 0 atom stereocenters. The minimum Gasteiger partial charge on any atom is -0.474 e. The molecule has 2 rings (SSSR count). The number of hydrogen-bond donors (Lipinski definition) is 1. The third-order valence-corrected chi connectivity index (χ3v) is 2.19. The van der Waals surface area contributed by atoms with Gasteiger partial charge in [-0.1, -0.05) is 6.07 Å². The summed E-state index contributed by atoms with van der Waals surface area (Å²) >= 11 is 3.24. The number of fused-ring (bicyclic) bond motifs is 1. The van der Waals surface area contributed by atoms with Crippen LogP contribution >= 0.6 is 15.9 Å². The SMILES string of the molecule is O=C(O)c1nc2c(Br)cccc2o1. The topological polar surface area (TPSA) is 63.3 Å². The van der Waals surface area contributed by atoms with Crippen LogP contribution < -0.4 is 0 Å². The fourth-order valence-electron chi connectivity index (χ4n) is 1.01. The number of carboxylic acids is 1. The van der Waals surface area contributed by atoms with Gasteiger partial charge in [0.25, 0.3) is 0 Å². The van der Waals surface area contributed by atoms with Gasteiger partial charge in [-0.3, -0.25) is 0 Å². The van der Waals surface area contributed by atoms with Crippen molar-refractivity contribution in [1.82, 2.24) is 4.98 Å². The minimum absolute atomic E-state index is 0.290. The van der Waals surface area contributed by atoms with E-state index < -0.39 is 5.97 Å². The number of halogens is 1. The molecule has 0 saturated heterocycles.